The molecule has 0 aliphatic heterocycles. The summed E-state index contributed by atoms with van der Waals surface area (Å²) in [7, 11) is 2.96. The molecule has 15 heavy (non-hydrogen) atoms. The number of ether oxygens (including phenoxy) is 2. The van der Waals surface area contributed by atoms with Crippen LogP contribution < -0.4 is 4.74 Å². The smallest absolute Gasteiger partial charge is 0.165 e. The number of aliphatic hydroxyl groups is 1. The molecule has 0 atom stereocenters. The summed E-state index contributed by atoms with van der Waals surface area (Å²) in [6.45, 7) is 0.311. The van der Waals surface area contributed by atoms with E-state index in [0.717, 1.165) is 5.56 Å². The van der Waals surface area contributed by atoms with Gasteiger partial charge in [-0.05, 0) is 29.7 Å². The number of methoxy groups -OCH3 is 2. The molecule has 1 aromatic rings. The normalized spacial score (nSPS) is 10.4. The van der Waals surface area contributed by atoms with Crippen molar-refractivity contribution in [3.63, 3.8) is 0 Å². The number of aliphatic hydroxyl groups excluding tert-OH is 1. The second-order valence-electron chi connectivity index (χ2n) is 3.18. The van der Waals surface area contributed by atoms with Gasteiger partial charge in [-0.1, -0.05) is 0 Å². The first-order valence-electron chi connectivity index (χ1n) is 4.68. The van der Waals surface area contributed by atoms with Gasteiger partial charge in [-0.15, -0.1) is 0 Å². The van der Waals surface area contributed by atoms with Gasteiger partial charge in [0.05, 0.1) is 13.7 Å². The summed E-state index contributed by atoms with van der Waals surface area (Å²) < 4.78 is 23.3. The van der Waals surface area contributed by atoms with E-state index in [1.807, 2.05) is 0 Å². The van der Waals surface area contributed by atoms with Crippen molar-refractivity contribution in [1.82, 2.24) is 0 Å². The number of hydrogen-bond acceptors (Lipinski definition) is 3. The highest BCUT2D eigenvalue weighted by Crippen LogP contribution is 2.25. The fourth-order valence-electron chi connectivity index (χ4n) is 1.50. The number of halogens is 1. The van der Waals surface area contributed by atoms with Gasteiger partial charge in [0.2, 0.25) is 0 Å². The number of benzene rings is 1. The minimum absolute atomic E-state index is 0.0355. The quantitative estimate of drug-likeness (QED) is 0.807. The first kappa shape index (κ1) is 11.9. The summed E-state index contributed by atoms with van der Waals surface area (Å²) in [6, 6.07) is 3.16. The maximum Gasteiger partial charge on any atom is 0.165 e. The van der Waals surface area contributed by atoms with Gasteiger partial charge in [-0.3, -0.25) is 0 Å². The van der Waals surface area contributed by atoms with Crippen LogP contribution in [0.1, 0.15) is 11.1 Å². The molecule has 0 radical (unpaired) electrons. The molecular formula is C11H15FO3. The fraction of sp³-hybridized carbons (Fsp3) is 0.455. The van der Waals surface area contributed by atoms with Crippen LogP contribution in [0.4, 0.5) is 4.39 Å². The number of hydrogen-bond donors (Lipinski definition) is 1. The Balaban J connectivity index is 3.07. The molecule has 0 unspecified atom stereocenters. The SMILES string of the molecule is COCc1cc(F)c(OC)c(CCO)c1. The Kier molecular flexibility index (Phi) is 4.52. The van der Waals surface area contributed by atoms with E-state index in [-0.39, 0.29) is 12.4 Å². The second kappa shape index (κ2) is 5.68. The van der Waals surface area contributed by atoms with E-state index in [1.54, 1.807) is 13.2 Å². The van der Waals surface area contributed by atoms with Crippen LogP contribution in [0.3, 0.4) is 0 Å². The van der Waals surface area contributed by atoms with Crippen molar-refractivity contribution in [2.45, 2.75) is 13.0 Å². The first-order chi connectivity index (χ1) is 7.22. The van der Waals surface area contributed by atoms with Gasteiger partial charge in [-0.25, -0.2) is 4.39 Å². The van der Waals surface area contributed by atoms with Gasteiger partial charge in [0, 0.05) is 13.7 Å². The highest BCUT2D eigenvalue weighted by molar-refractivity contribution is 5.38. The van der Waals surface area contributed by atoms with Crippen LogP contribution in [0.25, 0.3) is 0 Å². The van der Waals surface area contributed by atoms with Crippen LogP contribution in [-0.2, 0) is 17.8 Å². The van der Waals surface area contributed by atoms with Crippen molar-refractivity contribution in [2.75, 3.05) is 20.8 Å². The number of rotatable bonds is 5. The van der Waals surface area contributed by atoms with E-state index in [0.29, 0.717) is 18.6 Å². The highest BCUT2D eigenvalue weighted by atomic mass is 19.1. The fourth-order valence-corrected chi connectivity index (χ4v) is 1.50. The average Bonchev–Trinajstić information content (AvgIpc) is 2.18. The molecule has 0 aliphatic rings. The van der Waals surface area contributed by atoms with Crippen molar-refractivity contribution >= 4 is 0 Å². The van der Waals surface area contributed by atoms with Crippen LogP contribution >= 0.6 is 0 Å². The Hall–Kier alpha value is -1.13. The Morgan fingerprint density at radius 3 is 2.60 bits per heavy atom. The Morgan fingerprint density at radius 2 is 2.07 bits per heavy atom. The molecule has 84 valence electrons. The highest BCUT2D eigenvalue weighted by Gasteiger charge is 2.11. The molecule has 0 aromatic heterocycles. The maximum absolute atomic E-state index is 13.5. The molecule has 0 bridgehead atoms. The van der Waals surface area contributed by atoms with Gasteiger partial charge in [0.15, 0.2) is 11.6 Å². The molecule has 0 saturated carbocycles. The molecule has 0 amide bonds. The van der Waals surface area contributed by atoms with Gasteiger partial charge >= 0.3 is 0 Å². The molecule has 3 nitrogen and oxygen atoms in total. The predicted molar refractivity (Wildman–Crippen MR) is 54.5 cm³/mol. The molecule has 0 fully saturated rings. The summed E-state index contributed by atoms with van der Waals surface area (Å²) in [5.74, 6) is -0.223. The van der Waals surface area contributed by atoms with E-state index in [2.05, 4.69) is 0 Å². The van der Waals surface area contributed by atoms with Crippen molar-refractivity contribution in [3.05, 3.63) is 29.1 Å². The maximum atomic E-state index is 13.5. The first-order valence-corrected chi connectivity index (χ1v) is 4.68. The second-order valence-corrected chi connectivity index (χ2v) is 3.18. The Bertz CT molecular complexity index is 326. The lowest BCUT2D eigenvalue weighted by Gasteiger charge is -2.10. The van der Waals surface area contributed by atoms with Crippen molar-refractivity contribution < 1.29 is 19.0 Å². The van der Waals surface area contributed by atoms with Gasteiger partial charge in [0.1, 0.15) is 0 Å². The van der Waals surface area contributed by atoms with Crippen molar-refractivity contribution in [1.29, 1.82) is 0 Å². The summed E-state index contributed by atoms with van der Waals surface area (Å²) in [6.07, 6.45) is 0.373. The Morgan fingerprint density at radius 1 is 1.33 bits per heavy atom. The van der Waals surface area contributed by atoms with Crippen LogP contribution in [0.2, 0.25) is 0 Å². The molecule has 1 aromatic carbocycles. The summed E-state index contributed by atoms with van der Waals surface area (Å²) in [5, 5.41) is 8.84. The van der Waals surface area contributed by atoms with Gasteiger partial charge in [0.25, 0.3) is 0 Å². The van der Waals surface area contributed by atoms with Crippen LogP contribution in [0.15, 0.2) is 12.1 Å². The standard InChI is InChI=1S/C11H15FO3/c1-14-7-8-5-9(3-4-13)11(15-2)10(12)6-8/h5-6,13H,3-4,7H2,1-2H3. The monoisotopic (exact) mass is 214 g/mol. The van der Waals surface area contributed by atoms with Gasteiger partial charge < -0.3 is 14.6 Å². The molecule has 4 heteroatoms. The van der Waals surface area contributed by atoms with E-state index in [1.165, 1.54) is 13.2 Å². The average molecular weight is 214 g/mol. The lowest BCUT2D eigenvalue weighted by molar-refractivity contribution is 0.184. The van der Waals surface area contributed by atoms with Crippen molar-refractivity contribution in [3.8, 4) is 5.75 Å². The molecule has 1 rings (SSSR count). The lowest BCUT2D eigenvalue weighted by atomic mass is 10.1. The largest absolute Gasteiger partial charge is 0.493 e. The minimum Gasteiger partial charge on any atom is -0.493 e. The third-order valence-corrected chi connectivity index (χ3v) is 2.08. The zero-order chi connectivity index (χ0) is 11.3. The van der Waals surface area contributed by atoms with E-state index < -0.39 is 5.82 Å². The molecule has 0 spiro atoms. The Labute approximate surface area is 88.4 Å². The molecule has 0 heterocycles. The van der Waals surface area contributed by atoms with Crippen LogP contribution in [-0.4, -0.2) is 25.9 Å². The molecule has 0 saturated heterocycles. The zero-order valence-corrected chi connectivity index (χ0v) is 8.92. The summed E-state index contributed by atoms with van der Waals surface area (Å²) in [4.78, 5) is 0. The topological polar surface area (TPSA) is 38.7 Å². The van der Waals surface area contributed by atoms with E-state index in [9.17, 15) is 4.39 Å². The lowest BCUT2D eigenvalue weighted by Crippen LogP contribution is -2.01. The minimum atomic E-state index is -0.421. The summed E-state index contributed by atoms with van der Waals surface area (Å²) >= 11 is 0. The third-order valence-electron chi connectivity index (χ3n) is 2.08. The third kappa shape index (κ3) is 2.91. The molecule has 0 aliphatic carbocycles. The zero-order valence-electron chi connectivity index (χ0n) is 8.92. The van der Waals surface area contributed by atoms with Crippen molar-refractivity contribution in [2.24, 2.45) is 0 Å². The molecular weight excluding hydrogens is 199 g/mol. The molecule has 1 N–H and O–H groups in total. The predicted octanol–water partition coefficient (Wildman–Crippen LogP) is 1.52. The van der Waals surface area contributed by atoms with Crippen LogP contribution in [0.5, 0.6) is 5.75 Å². The van der Waals surface area contributed by atoms with E-state index in [4.69, 9.17) is 14.6 Å². The van der Waals surface area contributed by atoms with E-state index >= 15 is 0 Å². The summed E-state index contributed by atoms with van der Waals surface area (Å²) in [5.41, 5.74) is 1.39. The van der Waals surface area contributed by atoms with Gasteiger partial charge in [-0.2, -0.15) is 0 Å². The van der Waals surface area contributed by atoms with Crippen LogP contribution in [0, 0.1) is 5.82 Å².